The Bertz CT molecular complexity index is 688. The Hall–Kier alpha value is -2.07. The Morgan fingerprint density at radius 3 is 2.68 bits per heavy atom. The fourth-order valence-electron chi connectivity index (χ4n) is 2.01. The monoisotopic (exact) mass is 320 g/mol. The number of amides is 1. The second-order valence-corrected chi connectivity index (χ2v) is 5.58. The molecular weight excluding hydrogens is 303 g/mol. The first-order valence-electron chi connectivity index (χ1n) is 7.02. The highest BCUT2D eigenvalue weighted by Crippen LogP contribution is 2.19. The summed E-state index contributed by atoms with van der Waals surface area (Å²) in [4.78, 5) is 12.0. The van der Waals surface area contributed by atoms with Gasteiger partial charge in [-0.15, -0.1) is 0 Å². The maximum atomic E-state index is 13.0. The zero-order chi connectivity index (χ0) is 16.1. The maximum Gasteiger partial charge on any atom is 0.226 e. The molecule has 0 spiro atoms. The molecule has 0 bridgehead atoms. The molecule has 1 amide bonds. The zero-order valence-corrected chi connectivity index (χ0v) is 13.3. The first kappa shape index (κ1) is 16.3. The Balaban J connectivity index is 1.85. The van der Waals surface area contributed by atoms with Crippen molar-refractivity contribution < 1.29 is 9.18 Å². The third-order valence-corrected chi connectivity index (χ3v) is 3.56. The van der Waals surface area contributed by atoms with E-state index in [1.165, 1.54) is 12.1 Å². The van der Waals surface area contributed by atoms with Crippen LogP contribution in [0.25, 0.3) is 0 Å². The van der Waals surface area contributed by atoms with Crippen LogP contribution in [0.15, 0.2) is 36.4 Å². The average molecular weight is 321 g/mol. The number of anilines is 2. The van der Waals surface area contributed by atoms with Gasteiger partial charge in [-0.1, -0.05) is 23.7 Å². The highest BCUT2D eigenvalue weighted by atomic mass is 35.5. The summed E-state index contributed by atoms with van der Waals surface area (Å²) in [5.74, 6) is -0.533. The number of rotatable bonds is 5. The number of carbonyl (C=O) groups excluding carboxylic acids is 1. The summed E-state index contributed by atoms with van der Waals surface area (Å²) < 4.78 is 13.0. The van der Waals surface area contributed by atoms with Crippen molar-refractivity contribution in [1.82, 2.24) is 0 Å². The minimum Gasteiger partial charge on any atom is -0.384 e. The van der Waals surface area contributed by atoms with Gasteiger partial charge >= 0.3 is 0 Å². The number of carbonyl (C=O) groups is 1. The number of hydrogen-bond acceptors (Lipinski definition) is 2. The number of hydrogen-bond donors (Lipinski definition) is 2. The lowest BCUT2D eigenvalue weighted by Gasteiger charge is -2.10. The molecular formula is C17H18ClFN2O. The van der Waals surface area contributed by atoms with Crippen LogP contribution in [0.4, 0.5) is 15.8 Å². The van der Waals surface area contributed by atoms with Crippen molar-refractivity contribution in [2.75, 3.05) is 17.2 Å². The van der Waals surface area contributed by atoms with Crippen molar-refractivity contribution in [2.45, 2.75) is 20.3 Å². The van der Waals surface area contributed by atoms with E-state index >= 15 is 0 Å². The van der Waals surface area contributed by atoms with Crippen LogP contribution in [0.3, 0.4) is 0 Å². The topological polar surface area (TPSA) is 41.1 Å². The SMILES string of the molecule is Cc1ccc(C)c(NC(=O)CCNc2ccc(F)c(Cl)c2)c1. The van der Waals surface area contributed by atoms with Crippen molar-refractivity contribution in [3.8, 4) is 0 Å². The Morgan fingerprint density at radius 1 is 1.18 bits per heavy atom. The van der Waals surface area contributed by atoms with E-state index < -0.39 is 5.82 Å². The average Bonchev–Trinajstić information content (AvgIpc) is 2.47. The van der Waals surface area contributed by atoms with Crippen LogP contribution in [0.5, 0.6) is 0 Å². The summed E-state index contributed by atoms with van der Waals surface area (Å²) in [5.41, 5.74) is 3.64. The molecule has 0 aliphatic rings. The van der Waals surface area contributed by atoms with Gasteiger partial charge in [0.25, 0.3) is 0 Å². The third-order valence-electron chi connectivity index (χ3n) is 3.27. The highest BCUT2D eigenvalue weighted by molar-refractivity contribution is 6.31. The van der Waals surface area contributed by atoms with E-state index in [4.69, 9.17) is 11.6 Å². The van der Waals surface area contributed by atoms with Gasteiger partial charge in [0.15, 0.2) is 0 Å². The standard InChI is InChI=1S/C17H18ClFN2O/c1-11-3-4-12(2)16(9-11)21-17(22)7-8-20-13-5-6-15(19)14(18)10-13/h3-6,9-10,20H,7-8H2,1-2H3,(H,21,22). The van der Waals surface area contributed by atoms with Crippen LogP contribution >= 0.6 is 11.6 Å². The van der Waals surface area contributed by atoms with Crippen molar-refractivity contribution in [3.05, 3.63) is 58.4 Å². The molecule has 0 heterocycles. The van der Waals surface area contributed by atoms with Crippen LogP contribution in [0.2, 0.25) is 5.02 Å². The normalized spacial score (nSPS) is 10.4. The number of halogens is 2. The lowest BCUT2D eigenvalue weighted by molar-refractivity contribution is -0.115. The van der Waals surface area contributed by atoms with Gasteiger partial charge in [-0.3, -0.25) is 4.79 Å². The molecule has 0 fully saturated rings. The fourth-order valence-corrected chi connectivity index (χ4v) is 2.19. The molecule has 2 N–H and O–H groups in total. The zero-order valence-electron chi connectivity index (χ0n) is 12.5. The van der Waals surface area contributed by atoms with E-state index in [2.05, 4.69) is 10.6 Å². The van der Waals surface area contributed by atoms with Gasteiger partial charge in [-0.05, 0) is 49.2 Å². The lowest BCUT2D eigenvalue weighted by atomic mass is 10.1. The fraction of sp³-hybridized carbons (Fsp3) is 0.235. The van der Waals surface area contributed by atoms with Crippen LogP contribution in [-0.2, 0) is 4.79 Å². The quantitative estimate of drug-likeness (QED) is 0.849. The first-order valence-corrected chi connectivity index (χ1v) is 7.39. The molecule has 22 heavy (non-hydrogen) atoms. The summed E-state index contributed by atoms with van der Waals surface area (Å²) >= 11 is 5.70. The summed E-state index contributed by atoms with van der Waals surface area (Å²) in [7, 11) is 0. The molecule has 0 aromatic heterocycles. The van der Waals surface area contributed by atoms with E-state index in [9.17, 15) is 9.18 Å². The smallest absolute Gasteiger partial charge is 0.226 e. The molecule has 0 aliphatic heterocycles. The summed E-state index contributed by atoms with van der Waals surface area (Å²) in [6.07, 6.45) is 0.308. The molecule has 0 unspecified atom stereocenters. The third kappa shape index (κ3) is 4.46. The predicted molar refractivity (Wildman–Crippen MR) is 89.1 cm³/mol. The van der Waals surface area contributed by atoms with Crippen LogP contribution in [-0.4, -0.2) is 12.5 Å². The van der Waals surface area contributed by atoms with E-state index in [1.807, 2.05) is 32.0 Å². The molecule has 3 nitrogen and oxygen atoms in total. The predicted octanol–water partition coefficient (Wildman–Crippen LogP) is 4.54. The van der Waals surface area contributed by atoms with E-state index in [0.29, 0.717) is 18.7 Å². The van der Waals surface area contributed by atoms with E-state index in [0.717, 1.165) is 16.8 Å². The van der Waals surface area contributed by atoms with Crippen molar-refractivity contribution >= 4 is 28.9 Å². The molecule has 0 atom stereocenters. The maximum absolute atomic E-state index is 13.0. The van der Waals surface area contributed by atoms with Crippen LogP contribution < -0.4 is 10.6 Å². The summed E-state index contributed by atoms with van der Waals surface area (Å²) in [6.45, 7) is 4.38. The van der Waals surface area contributed by atoms with Crippen LogP contribution in [0, 0.1) is 19.7 Å². The van der Waals surface area contributed by atoms with Crippen molar-refractivity contribution in [1.29, 1.82) is 0 Å². The van der Waals surface area contributed by atoms with Crippen LogP contribution in [0.1, 0.15) is 17.5 Å². The van der Waals surface area contributed by atoms with Crippen molar-refractivity contribution in [3.63, 3.8) is 0 Å². The number of benzene rings is 2. The first-order chi connectivity index (χ1) is 10.5. The van der Waals surface area contributed by atoms with Gasteiger partial charge in [0.05, 0.1) is 5.02 Å². The Morgan fingerprint density at radius 2 is 1.95 bits per heavy atom. The van der Waals surface area contributed by atoms with Gasteiger partial charge in [0.1, 0.15) is 5.82 Å². The Kier molecular flexibility index (Phi) is 5.39. The number of nitrogens with one attached hydrogen (secondary N) is 2. The molecule has 5 heteroatoms. The molecule has 0 saturated carbocycles. The Labute approximate surface area is 134 Å². The largest absolute Gasteiger partial charge is 0.384 e. The van der Waals surface area contributed by atoms with E-state index in [1.54, 1.807) is 6.07 Å². The minimum atomic E-state index is -0.458. The molecule has 2 aromatic rings. The molecule has 0 saturated heterocycles. The molecule has 0 aliphatic carbocycles. The second kappa shape index (κ2) is 7.27. The van der Waals surface area contributed by atoms with Gasteiger partial charge in [-0.25, -0.2) is 4.39 Å². The summed E-state index contributed by atoms with van der Waals surface area (Å²) in [5, 5.41) is 6.00. The molecule has 0 radical (unpaired) electrons. The minimum absolute atomic E-state index is 0.0600. The van der Waals surface area contributed by atoms with E-state index in [-0.39, 0.29) is 10.9 Å². The lowest BCUT2D eigenvalue weighted by Crippen LogP contribution is -2.16. The van der Waals surface area contributed by atoms with Gasteiger partial charge in [0.2, 0.25) is 5.91 Å². The highest BCUT2D eigenvalue weighted by Gasteiger charge is 2.06. The molecule has 2 aromatic carbocycles. The molecule has 116 valence electrons. The number of aryl methyl sites for hydroxylation is 2. The van der Waals surface area contributed by atoms with Crippen molar-refractivity contribution in [2.24, 2.45) is 0 Å². The van der Waals surface area contributed by atoms with Gasteiger partial charge in [0, 0.05) is 24.3 Å². The molecule has 2 rings (SSSR count). The van der Waals surface area contributed by atoms with Gasteiger partial charge < -0.3 is 10.6 Å². The van der Waals surface area contributed by atoms with Gasteiger partial charge in [-0.2, -0.15) is 0 Å². The second-order valence-electron chi connectivity index (χ2n) is 5.17. The summed E-state index contributed by atoms with van der Waals surface area (Å²) in [6, 6.07) is 10.3.